The fourth-order valence-corrected chi connectivity index (χ4v) is 2.74. The SMILES string of the molecule is O=Cc1cccc2[nH]c(C3CCCCC3)nc12. The minimum atomic E-state index is 0.552. The maximum atomic E-state index is 11.0. The summed E-state index contributed by atoms with van der Waals surface area (Å²) in [5.74, 6) is 1.62. The van der Waals surface area contributed by atoms with Crippen molar-refractivity contribution in [3.63, 3.8) is 0 Å². The van der Waals surface area contributed by atoms with Gasteiger partial charge < -0.3 is 4.98 Å². The molecule has 1 saturated carbocycles. The molecule has 1 aromatic heterocycles. The summed E-state index contributed by atoms with van der Waals surface area (Å²) >= 11 is 0. The summed E-state index contributed by atoms with van der Waals surface area (Å²) in [6, 6.07) is 5.71. The molecule has 1 heterocycles. The highest BCUT2D eigenvalue weighted by molar-refractivity contribution is 5.94. The van der Waals surface area contributed by atoms with Crippen LogP contribution in [-0.2, 0) is 0 Å². The average Bonchev–Trinajstić information content (AvgIpc) is 2.83. The normalized spacial score (nSPS) is 17.4. The van der Waals surface area contributed by atoms with Gasteiger partial charge >= 0.3 is 0 Å². The monoisotopic (exact) mass is 228 g/mol. The molecular formula is C14H16N2O. The van der Waals surface area contributed by atoms with Crippen LogP contribution in [0.4, 0.5) is 0 Å². The number of H-pyrrole nitrogens is 1. The molecule has 0 atom stereocenters. The van der Waals surface area contributed by atoms with E-state index < -0.39 is 0 Å². The van der Waals surface area contributed by atoms with E-state index in [-0.39, 0.29) is 0 Å². The average molecular weight is 228 g/mol. The predicted molar refractivity (Wildman–Crippen MR) is 67.3 cm³/mol. The van der Waals surface area contributed by atoms with Crippen LogP contribution in [-0.4, -0.2) is 16.3 Å². The molecule has 1 aliphatic carbocycles. The molecule has 0 amide bonds. The van der Waals surface area contributed by atoms with Gasteiger partial charge in [-0.1, -0.05) is 25.3 Å². The molecule has 0 radical (unpaired) electrons. The number of hydrogen-bond donors (Lipinski definition) is 1. The molecule has 17 heavy (non-hydrogen) atoms. The van der Waals surface area contributed by atoms with E-state index in [9.17, 15) is 4.79 Å². The van der Waals surface area contributed by atoms with E-state index in [1.165, 1.54) is 32.1 Å². The Balaban J connectivity index is 2.03. The Labute approximate surface area is 100 Å². The van der Waals surface area contributed by atoms with Crippen molar-refractivity contribution in [2.45, 2.75) is 38.0 Å². The standard InChI is InChI=1S/C14H16N2O/c17-9-11-7-4-8-12-13(11)16-14(15-12)10-5-2-1-3-6-10/h4,7-10H,1-3,5-6H2,(H,15,16). The predicted octanol–water partition coefficient (Wildman–Crippen LogP) is 3.42. The summed E-state index contributed by atoms with van der Waals surface area (Å²) in [6.45, 7) is 0. The van der Waals surface area contributed by atoms with E-state index in [0.717, 1.165) is 23.1 Å². The third kappa shape index (κ3) is 1.86. The van der Waals surface area contributed by atoms with Gasteiger partial charge in [0.05, 0.1) is 11.0 Å². The molecule has 3 rings (SSSR count). The van der Waals surface area contributed by atoms with Gasteiger partial charge in [0.2, 0.25) is 0 Å². The van der Waals surface area contributed by atoms with Crippen LogP contribution in [0, 0.1) is 0 Å². The fourth-order valence-electron chi connectivity index (χ4n) is 2.74. The first-order valence-electron chi connectivity index (χ1n) is 6.32. The third-order valence-corrected chi connectivity index (χ3v) is 3.68. The summed E-state index contributed by atoms with van der Waals surface area (Å²) in [6.07, 6.45) is 7.25. The van der Waals surface area contributed by atoms with Crippen LogP contribution < -0.4 is 0 Å². The second kappa shape index (κ2) is 4.32. The lowest BCUT2D eigenvalue weighted by Crippen LogP contribution is -2.05. The summed E-state index contributed by atoms with van der Waals surface area (Å²) in [5.41, 5.74) is 2.49. The summed E-state index contributed by atoms with van der Waals surface area (Å²) in [7, 11) is 0. The second-order valence-corrected chi connectivity index (χ2v) is 4.82. The number of rotatable bonds is 2. The summed E-state index contributed by atoms with van der Waals surface area (Å²) in [4.78, 5) is 18.9. The topological polar surface area (TPSA) is 45.8 Å². The Kier molecular flexibility index (Phi) is 2.67. The number of nitrogens with zero attached hydrogens (tertiary/aromatic N) is 1. The number of benzene rings is 1. The first-order chi connectivity index (χ1) is 8.38. The molecule has 1 fully saturated rings. The number of aromatic amines is 1. The lowest BCUT2D eigenvalue weighted by atomic mass is 9.89. The van der Waals surface area contributed by atoms with E-state index in [1.807, 2.05) is 18.2 Å². The lowest BCUT2D eigenvalue weighted by Gasteiger charge is -2.18. The minimum Gasteiger partial charge on any atom is -0.342 e. The molecule has 0 aliphatic heterocycles. The van der Waals surface area contributed by atoms with E-state index in [2.05, 4.69) is 9.97 Å². The smallest absolute Gasteiger partial charge is 0.152 e. The van der Waals surface area contributed by atoms with E-state index in [4.69, 9.17) is 0 Å². The quantitative estimate of drug-likeness (QED) is 0.800. The summed E-state index contributed by atoms with van der Waals surface area (Å²) < 4.78 is 0. The van der Waals surface area contributed by atoms with Gasteiger partial charge in [0.25, 0.3) is 0 Å². The Bertz CT molecular complexity index is 538. The number of aldehydes is 1. The van der Waals surface area contributed by atoms with Crippen LogP contribution in [0.25, 0.3) is 11.0 Å². The van der Waals surface area contributed by atoms with Crippen molar-refractivity contribution in [3.05, 3.63) is 29.6 Å². The zero-order chi connectivity index (χ0) is 11.7. The van der Waals surface area contributed by atoms with E-state index >= 15 is 0 Å². The molecule has 2 aromatic rings. The van der Waals surface area contributed by atoms with Gasteiger partial charge in [0.15, 0.2) is 6.29 Å². The van der Waals surface area contributed by atoms with Crippen LogP contribution >= 0.6 is 0 Å². The van der Waals surface area contributed by atoms with E-state index in [1.54, 1.807) is 0 Å². The van der Waals surface area contributed by atoms with Crippen molar-refractivity contribution in [2.24, 2.45) is 0 Å². The van der Waals surface area contributed by atoms with Crippen molar-refractivity contribution in [1.29, 1.82) is 0 Å². The zero-order valence-electron chi connectivity index (χ0n) is 9.78. The molecule has 0 spiro atoms. The van der Waals surface area contributed by atoms with Crippen LogP contribution in [0.3, 0.4) is 0 Å². The van der Waals surface area contributed by atoms with Gasteiger partial charge in [-0.05, 0) is 25.0 Å². The molecule has 0 bridgehead atoms. The highest BCUT2D eigenvalue weighted by Gasteiger charge is 2.19. The Hall–Kier alpha value is -1.64. The fraction of sp³-hybridized carbons (Fsp3) is 0.429. The number of nitrogens with one attached hydrogen (secondary N) is 1. The molecule has 0 unspecified atom stereocenters. The van der Waals surface area contributed by atoms with Gasteiger partial charge in [-0.3, -0.25) is 4.79 Å². The van der Waals surface area contributed by atoms with Gasteiger partial charge in [-0.25, -0.2) is 4.98 Å². The minimum absolute atomic E-state index is 0.552. The third-order valence-electron chi connectivity index (χ3n) is 3.68. The highest BCUT2D eigenvalue weighted by atomic mass is 16.1. The Morgan fingerprint density at radius 3 is 2.82 bits per heavy atom. The van der Waals surface area contributed by atoms with Crippen LogP contribution in [0.15, 0.2) is 18.2 Å². The maximum absolute atomic E-state index is 11.0. The van der Waals surface area contributed by atoms with Crippen molar-refractivity contribution in [1.82, 2.24) is 9.97 Å². The van der Waals surface area contributed by atoms with Crippen molar-refractivity contribution < 1.29 is 4.79 Å². The number of fused-ring (bicyclic) bond motifs is 1. The van der Waals surface area contributed by atoms with Crippen LogP contribution in [0.2, 0.25) is 0 Å². The largest absolute Gasteiger partial charge is 0.342 e. The van der Waals surface area contributed by atoms with Crippen molar-refractivity contribution in [3.8, 4) is 0 Å². The lowest BCUT2D eigenvalue weighted by molar-refractivity contribution is 0.112. The number of carbonyl (C=O) groups excluding carboxylic acids is 1. The van der Waals surface area contributed by atoms with Crippen molar-refractivity contribution >= 4 is 17.3 Å². The molecule has 1 aliphatic rings. The number of para-hydroxylation sites is 1. The molecule has 1 N–H and O–H groups in total. The first kappa shape index (κ1) is 10.5. The Morgan fingerprint density at radius 1 is 1.24 bits per heavy atom. The first-order valence-corrected chi connectivity index (χ1v) is 6.32. The molecule has 0 saturated heterocycles. The number of aromatic nitrogens is 2. The summed E-state index contributed by atoms with van der Waals surface area (Å²) in [5, 5.41) is 0. The highest BCUT2D eigenvalue weighted by Crippen LogP contribution is 2.32. The van der Waals surface area contributed by atoms with E-state index in [0.29, 0.717) is 11.5 Å². The van der Waals surface area contributed by atoms with Gasteiger partial charge in [0.1, 0.15) is 5.82 Å². The van der Waals surface area contributed by atoms with Crippen molar-refractivity contribution in [2.75, 3.05) is 0 Å². The van der Waals surface area contributed by atoms with Crippen LogP contribution in [0.5, 0.6) is 0 Å². The molecule has 3 nitrogen and oxygen atoms in total. The van der Waals surface area contributed by atoms with Gasteiger partial charge in [-0.15, -0.1) is 0 Å². The maximum Gasteiger partial charge on any atom is 0.152 e. The van der Waals surface area contributed by atoms with Gasteiger partial charge in [0, 0.05) is 11.5 Å². The molecule has 3 heteroatoms. The van der Waals surface area contributed by atoms with Crippen LogP contribution in [0.1, 0.15) is 54.2 Å². The number of hydrogen-bond acceptors (Lipinski definition) is 2. The molecule has 1 aromatic carbocycles. The zero-order valence-corrected chi connectivity index (χ0v) is 9.78. The molecular weight excluding hydrogens is 212 g/mol. The number of imidazole rings is 1. The Morgan fingerprint density at radius 2 is 2.06 bits per heavy atom. The second-order valence-electron chi connectivity index (χ2n) is 4.82. The van der Waals surface area contributed by atoms with Gasteiger partial charge in [-0.2, -0.15) is 0 Å². The molecule has 88 valence electrons. The number of carbonyl (C=O) groups is 1.